The van der Waals surface area contributed by atoms with Crippen LogP contribution < -0.4 is 49.9 Å². The highest BCUT2D eigenvalue weighted by Crippen LogP contribution is 2.33. The van der Waals surface area contributed by atoms with Crippen LogP contribution in [0.1, 0.15) is 25.7 Å². The lowest BCUT2D eigenvalue weighted by atomic mass is 9.84. The van der Waals surface area contributed by atoms with Crippen molar-refractivity contribution in [3.8, 4) is 0 Å². The smallest absolute Gasteiger partial charge is 0.249 e. The van der Waals surface area contributed by atoms with Crippen molar-refractivity contribution in [1.29, 1.82) is 0 Å². The lowest BCUT2D eigenvalue weighted by molar-refractivity contribution is -0.313. The van der Waals surface area contributed by atoms with Crippen molar-refractivity contribution in [1.82, 2.24) is 21.3 Å². The number of carbonyl (C=O) groups is 1. The summed E-state index contributed by atoms with van der Waals surface area (Å²) >= 11 is 0. The molecule has 1 aliphatic carbocycles. The molecule has 0 spiro atoms. The Balaban J connectivity index is 1.52. The standard InChI is InChI=1S/C28H56FN9O10/c29-19-23(47-26-13(33)6-16(41)17(7-31)45-26)12(32)5-14(37-25(44)15(40)1-3-30)24(19)48-27-22(43)20(21(42)18(10-39)46-27)38-28(34)36-9-11-2-4-35-8-11/h11-24,26-28,35-36,38-43H,1-10,30-34H2,(H,37,44)/t11-,12?,13?,14+,15-,16-,17?,18+,19?,20?,21?,22+,23+,24?,26+,27?,28?/m0/s1. The second-order valence-corrected chi connectivity index (χ2v) is 13.1. The summed E-state index contributed by atoms with van der Waals surface area (Å²) in [5.41, 5.74) is 29.9. The Morgan fingerprint density at radius 3 is 2.38 bits per heavy atom. The second kappa shape index (κ2) is 18.3. The van der Waals surface area contributed by atoms with Crippen LogP contribution in [0.2, 0.25) is 0 Å². The van der Waals surface area contributed by atoms with Gasteiger partial charge in [0, 0.05) is 19.1 Å². The van der Waals surface area contributed by atoms with Crippen LogP contribution in [-0.2, 0) is 23.7 Å². The first-order valence-corrected chi connectivity index (χ1v) is 16.6. The molecule has 3 heterocycles. The van der Waals surface area contributed by atoms with E-state index in [1.54, 1.807) is 0 Å². The molecule has 3 aliphatic heterocycles. The molecule has 48 heavy (non-hydrogen) atoms. The van der Waals surface area contributed by atoms with Crippen LogP contribution in [0.3, 0.4) is 0 Å². The van der Waals surface area contributed by atoms with Crippen LogP contribution in [0.15, 0.2) is 0 Å². The summed E-state index contributed by atoms with van der Waals surface area (Å²) in [5.74, 6) is -0.508. The van der Waals surface area contributed by atoms with Crippen molar-refractivity contribution >= 4 is 5.91 Å². The number of hydrogen-bond donors (Lipinski definition) is 14. The Morgan fingerprint density at radius 2 is 1.73 bits per heavy atom. The van der Waals surface area contributed by atoms with E-state index in [1.165, 1.54) is 0 Å². The third kappa shape index (κ3) is 9.73. The van der Waals surface area contributed by atoms with E-state index in [0.29, 0.717) is 12.5 Å². The zero-order valence-electron chi connectivity index (χ0n) is 26.9. The fraction of sp³-hybridized carbons (Fsp3) is 0.964. The van der Waals surface area contributed by atoms with Gasteiger partial charge in [0.15, 0.2) is 18.8 Å². The number of rotatable bonds is 15. The average Bonchev–Trinajstić information content (AvgIpc) is 3.58. The van der Waals surface area contributed by atoms with Gasteiger partial charge in [-0.1, -0.05) is 0 Å². The van der Waals surface area contributed by atoms with Crippen molar-refractivity contribution in [2.24, 2.45) is 34.6 Å². The maximum atomic E-state index is 16.6. The molecule has 1 saturated carbocycles. The fourth-order valence-corrected chi connectivity index (χ4v) is 6.67. The van der Waals surface area contributed by atoms with Gasteiger partial charge in [-0.25, -0.2) is 4.39 Å². The summed E-state index contributed by atoms with van der Waals surface area (Å²) in [6, 6.07) is -4.27. The number of carbonyl (C=O) groups excluding carboxylic acids is 1. The molecule has 19 N–H and O–H groups in total. The Kier molecular flexibility index (Phi) is 15.0. The quantitative estimate of drug-likeness (QED) is 0.0707. The highest BCUT2D eigenvalue weighted by Gasteiger charge is 2.53. The van der Waals surface area contributed by atoms with E-state index in [4.69, 9.17) is 47.6 Å². The van der Waals surface area contributed by atoms with Crippen LogP contribution in [0.5, 0.6) is 0 Å². The summed E-state index contributed by atoms with van der Waals surface area (Å²) in [5, 5.41) is 64.5. The molecule has 4 aliphatic rings. The van der Waals surface area contributed by atoms with E-state index in [0.717, 1.165) is 19.5 Å². The molecule has 280 valence electrons. The number of amides is 1. The lowest BCUT2D eigenvalue weighted by Crippen LogP contribution is -2.70. The van der Waals surface area contributed by atoms with E-state index in [9.17, 15) is 30.3 Å². The molecule has 3 saturated heterocycles. The second-order valence-electron chi connectivity index (χ2n) is 13.1. The maximum absolute atomic E-state index is 16.6. The molecular formula is C28H56FN9O10. The van der Waals surface area contributed by atoms with Crippen molar-refractivity contribution < 1.29 is 53.7 Å². The molecule has 9 unspecified atom stereocenters. The molecule has 0 aromatic rings. The molecular weight excluding hydrogens is 641 g/mol. The first-order valence-electron chi connectivity index (χ1n) is 16.6. The number of hydrogen-bond acceptors (Lipinski definition) is 18. The van der Waals surface area contributed by atoms with Gasteiger partial charge in [-0.2, -0.15) is 0 Å². The van der Waals surface area contributed by atoms with Gasteiger partial charge in [-0.3, -0.25) is 15.4 Å². The van der Waals surface area contributed by atoms with Crippen molar-refractivity contribution in [2.45, 2.75) is 124 Å². The molecule has 19 nitrogen and oxygen atoms in total. The molecule has 4 rings (SSSR count). The highest BCUT2D eigenvalue weighted by atomic mass is 19.1. The van der Waals surface area contributed by atoms with E-state index in [2.05, 4.69) is 21.3 Å². The Hall–Kier alpha value is -1.28. The van der Waals surface area contributed by atoms with Gasteiger partial charge < -0.3 is 83.8 Å². The Bertz CT molecular complexity index is 996. The molecule has 0 aromatic heterocycles. The summed E-state index contributed by atoms with van der Waals surface area (Å²) in [7, 11) is 0. The number of aliphatic hydroxyl groups is 5. The predicted octanol–water partition coefficient (Wildman–Crippen LogP) is -7.38. The summed E-state index contributed by atoms with van der Waals surface area (Å²) in [4.78, 5) is 12.8. The molecule has 17 atom stereocenters. The van der Waals surface area contributed by atoms with Crippen LogP contribution in [0.25, 0.3) is 0 Å². The molecule has 20 heteroatoms. The van der Waals surface area contributed by atoms with Gasteiger partial charge in [0.1, 0.15) is 42.9 Å². The molecule has 4 fully saturated rings. The fourth-order valence-electron chi connectivity index (χ4n) is 6.67. The highest BCUT2D eigenvalue weighted by molar-refractivity contribution is 5.80. The number of ether oxygens (including phenoxy) is 4. The lowest BCUT2D eigenvalue weighted by Gasteiger charge is -2.48. The summed E-state index contributed by atoms with van der Waals surface area (Å²) < 4.78 is 40.0. The minimum absolute atomic E-state index is 0.0103. The Labute approximate surface area is 278 Å². The SMILES string of the molecule is NCC[C@H](O)C(=O)N[C@@H]1CC(N)[C@@H](O[C@H]2OC(CN)[C@@H](O)CC2N)C(F)C1OC1O[C@H](CO)C(O)C(NC(N)NC[C@H]2CCNC2)[C@H]1O. The zero-order valence-corrected chi connectivity index (χ0v) is 26.9. The monoisotopic (exact) mass is 697 g/mol. The van der Waals surface area contributed by atoms with Crippen LogP contribution in [0, 0.1) is 5.92 Å². The predicted molar refractivity (Wildman–Crippen MR) is 167 cm³/mol. The summed E-state index contributed by atoms with van der Waals surface area (Å²) in [6.07, 6.45) is -15.6. The normalized spacial score (nSPS) is 43.5. The first kappa shape index (κ1) is 39.5. The Morgan fingerprint density at radius 1 is 1.02 bits per heavy atom. The minimum atomic E-state index is -2.10. The number of nitrogens with two attached hydrogens (primary N) is 5. The van der Waals surface area contributed by atoms with E-state index in [-0.39, 0.29) is 32.4 Å². The van der Waals surface area contributed by atoms with Gasteiger partial charge in [-0.05, 0) is 51.2 Å². The number of alkyl halides is 1. The third-order valence-corrected chi connectivity index (χ3v) is 9.50. The van der Waals surface area contributed by atoms with Crippen molar-refractivity contribution in [2.75, 3.05) is 39.3 Å². The van der Waals surface area contributed by atoms with E-state index < -0.39 is 111 Å². The van der Waals surface area contributed by atoms with Gasteiger partial charge >= 0.3 is 0 Å². The first-order chi connectivity index (χ1) is 22.9. The van der Waals surface area contributed by atoms with E-state index >= 15 is 4.39 Å². The molecule has 0 aromatic carbocycles. The summed E-state index contributed by atoms with van der Waals surface area (Å²) in [6.45, 7) is 1.55. The van der Waals surface area contributed by atoms with Crippen molar-refractivity contribution in [3.63, 3.8) is 0 Å². The molecule has 0 bridgehead atoms. The minimum Gasteiger partial charge on any atom is -0.394 e. The molecule has 0 radical (unpaired) electrons. The van der Waals surface area contributed by atoms with Crippen molar-refractivity contribution in [3.05, 3.63) is 0 Å². The number of aliphatic hydroxyl groups excluding tert-OH is 5. The third-order valence-electron chi connectivity index (χ3n) is 9.50. The van der Waals surface area contributed by atoms with Gasteiger partial charge in [-0.15, -0.1) is 0 Å². The van der Waals surface area contributed by atoms with Crippen LogP contribution in [0.4, 0.5) is 4.39 Å². The number of halogens is 1. The van der Waals surface area contributed by atoms with E-state index in [1.807, 2.05) is 0 Å². The van der Waals surface area contributed by atoms with Crippen LogP contribution >= 0.6 is 0 Å². The van der Waals surface area contributed by atoms with Gasteiger partial charge in [0.25, 0.3) is 0 Å². The van der Waals surface area contributed by atoms with Gasteiger partial charge in [0.05, 0.1) is 36.9 Å². The largest absolute Gasteiger partial charge is 0.394 e. The van der Waals surface area contributed by atoms with Crippen LogP contribution in [-0.4, -0.2) is 169 Å². The van der Waals surface area contributed by atoms with Gasteiger partial charge in [0.2, 0.25) is 5.91 Å². The zero-order chi connectivity index (χ0) is 35.1. The topological polar surface area (TPSA) is 333 Å². The average molecular weight is 698 g/mol. The molecule has 1 amide bonds. The maximum Gasteiger partial charge on any atom is 0.249 e. The number of nitrogens with one attached hydrogen (secondary N) is 4.